The Morgan fingerprint density at radius 2 is 2.02 bits per heavy atom. The van der Waals surface area contributed by atoms with Gasteiger partial charge in [-0.15, -0.1) is 5.10 Å². The number of benzene rings is 2. The number of pyridine rings is 1. The van der Waals surface area contributed by atoms with Gasteiger partial charge in [-0.05, 0) is 59.1 Å². The molecule has 1 amide bonds. The van der Waals surface area contributed by atoms with Crippen molar-refractivity contribution < 1.29 is 18.3 Å². The van der Waals surface area contributed by atoms with Gasteiger partial charge in [0.15, 0.2) is 5.82 Å². The Labute approximate surface area is 236 Å². The van der Waals surface area contributed by atoms with E-state index in [1.165, 1.54) is 0 Å². The number of fused-ring (bicyclic) bond motifs is 1. The van der Waals surface area contributed by atoms with Crippen molar-refractivity contribution in [3.8, 4) is 17.0 Å². The molecule has 0 saturated carbocycles. The monoisotopic (exact) mass is 607 g/mol. The van der Waals surface area contributed by atoms with Gasteiger partial charge in [-0.2, -0.15) is 0 Å². The summed E-state index contributed by atoms with van der Waals surface area (Å²) < 4.78 is 37.6. The molecule has 2 N–H and O–H groups in total. The molecule has 2 aromatic carbocycles. The van der Waals surface area contributed by atoms with Crippen molar-refractivity contribution in [2.45, 2.75) is 26.0 Å². The molecule has 1 aliphatic rings. The molecular weight excluding hydrogens is 584 g/mol. The highest BCUT2D eigenvalue weighted by Crippen LogP contribution is 2.34. The Balaban J connectivity index is 1.16. The molecule has 1 saturated heterocycles. The fourth-order valence-corrected chi connectivity index (χ4v) is 5.24. The topological polar surface area (TPSA) is 104 Å². The van der Waals surface area contributed by atoms with E-state index < -0.39 is 11.6 Å². The summed E-state index contributed by atoms with van der Waals surface area (Å²) in [5, 5.41) is 8.22. The van der Waals surface area contributed by atoms with Gasteiger partial charge in [0.2, 0.25) is 0 Å². The largest absolute Gasteiger partial charge is 0.486 e. The zero-order valence-corrected chi connectivity index (χ0v) is 23.0. The number of nitrogens with two attached hydrogens (primary N) is 1. The number of likely N-dealkylation sites (tertiary alicyclic amines) is 1. The van der Waals surface area contributed by atoms with Gasteiger partial charge in [-0.3, -0.25) is 4.79 Å². The number of amides is 1. The van der Waals surface area contributed by atoms with Crippen LogP contribution in [0.4, 0.5) is 14.5 Å². The van der Waals surface area contributed by atoms with Crippen molar-refractivity contribution in [2.75, 3.05) is 18.8 Å². The molecule has 12 heteroatoms. The SMILES string of the molecule is Cc1cccn2cc(COc3ccccc3C(=O)N3CCC(n4cc(-c5cc(F)c(Br)c(F)c5N)nn4)C3)nc12. The quantitative estimate of drug-likeness (QED) is 0.210. The number of aryl methyl sites for hydroxylation is 1. The van der Waals surface area contributed by atoms with Crippen molar-refractivity contribution in [3.63, 3.8) is 0 Å². The van der Waals surface area contributed by atoms with Crippen molar-refractivity contribution in [1.82, 2.24) is 29.3 Å². The van der Waals surface area contributed by atoms with Gasteiger partial charge in [0.05, 0.1) is 33.7 Å². The fourth-order valence-electron chi connectivity index (χ4n) is 4.91. The molecule has 4 heterocycles. The van der Waals surface area contributed by atoms with Crippen molar-refractivity contribution in [3.05, 3.63) is 94.0 Å². The minimum absolute atomic E-state index is 0.113. The van der Waals surface area contributed by atoms with E-state index in [4.69, 9.17) is 10.5 Å². The molecule has 0 aliphatic carbocycles. The summed E-state index contributed by atoms with van der Waals surface area (Å²) in [6.07, 6.45) is 6.07. The van der Waals surface area contributed by atoms with Crippen LogP contribution >= 0.6 is 15.9 Å². The Morgan fingerprint density at radius 3 is 2.85 bits per heavy atom. The van der Waals surface area contributed by atoms with Gasteiger partial charge in [0.25, 0.3) is 5.91 Å². The first-order valence-electron chi connectivity index (χ1n) is 12.6. The molecule has 1 unspecified atom stereocenters. The number of carbonyl (C=O) groups is 1. The van der Waals surface area contributed by atoms with Crippen LogP contribution in [-0.2, 0) is 6.61 Å². The zero-order chi connectivity index (χ0) is 28.0. The number of aromatic nitrogens is 5. The van der Waals surface area contributed by atoms with Crippen LogP contribution in [0, 0.1) is 18.6 Å². The maximum atomic E-state index is 14.3. The zero-order valence-electron chi connectivity index (χ0n) is 21.4. The number of para-hydroxylation sites is 1. The molecule has 9 nitrogen and oxygen atoms in total. The van der Waals surface area contributed by atoms with Crippen molar-refractivity contribution >= 4 is 33.2 Å². The number of carbonyl (C=O) groups excluding carboxylic acids is 1. The second-order valence-corrected chi connectivity index (χ2v) is 10.5. The van der Waals surface area contributed by atoms with E-state index in [-0.39, 0.29) is 40.0 Å². The lowest BCUT2D eigenvalue weighted by molar-refractivity contribution is 0.0782. The van der Waals surface area contributed by atoms with Gasteiger partial charge in [-0.25, -0.2) is 18.4 Å². The standard InChI is InChI=1S/C28H24BrF2N7O2/c1-16-5-4-9-36-12-17(33-27(16)36)15-40-23-7-3-2-6-19(23)28(39)37-10-8-18(13-37)38-14-22(34-35-38)20-11-21(30)24(29)25(31)26(20)32/h2-7,9,11-12,14,18H,8,10,13,15,32H2,1H3. The number of rotatable bonds is 6. The summed E-state index contributed by atoms with van der Waals surface area (Å²) >= 11 is 2.85. The number of hydrogen-bond acceptors (Lipinski definition) is 6. The van der Waals surface area contributed by atoms with Crippen LogP contribution < -0.4 is 10.5 Å². The predicted octanol–water partition coefficient (Wildman–Crippen LogP) is 5.19. The normalized spacial score (nSPS) is 15.2. The lowest BCUT2D eigenvalue weighted by Crippen LogP contribution is -2.29. The average molecular weight is 608 g/mol. The van der Waals surface area contributed by atoms with Crippen LogP contribution in [0.2, 0.25) is 0 Å². The maximum Gasteiger partial charge on any atom is 0.257 e. The summed E-state index contributed by atoms with van der Waals surface area (Å²) in [5.74, 6) is -1.36. The number of ether oxygens (including phenoxy) is 1. The van der Waals surface area contributed by atoms with E-state index in [0.717, 1.165) is 23.0 Å². The minimum atomic E-state index is -0.889. The third-order valence-corrected chi connectivity index (χ3v) is 7.76. The van der Waals surface area contributed by atoms with Crippen LogP contribution in [0.1, 0.15) is 34.1 Å². The molecule has 5 aromatic rings. The highest BCUT2D eigenvalue weighted by Gasteiger charge is 2.30. The molecule has 3 aromatic heterocycles. The van der Waals surface area contributed by atoms with Crippen molar-refractivity contribution in [2.24, 2.45) is 0 Å². The first-order valence-corrected chi connectivity index (χ1v) is 13.4. The summed E-state index contributed by atoms with van der Waals surface area (Å²) in [5.41, 5.74) is 9.13. The number of nitrogens with zero attached hydrogens (tertiary/aromatic N) is 6. The van der Waals surface area contributed by atoms with Crippen LogP contribution in [0.5, 0.6) is 5.75 Å². The first-order chi connectivity index (χ1) is 19.3. The summed E-state index contributed by atoms with van der Waals surface area (Å²) in [7, 11) is 0. The number of imidazole rings is 1. The van der Waals surface area contributed by atoms with Crippen LogP contribution in [0.25, 0.3) is 16.9 Å². The second-order valence-electron chi connectivity index (χ2n) is 9.66. The lowest BCUT2D eigenvalue weighted by atomic mass is 10.1. The molecule has 40 heavy (non-hydrogen) atoms. The van der Waals surface area contributed by atoms with Crippen molar-refractivity contribution in [1.29, 1.82) is 0 Å². The van der Waals surface area contributed by atoms with Crippen LogP contribution in [-0.4, -0.2) is 48.3 Å². The number of halogens is 3. The van der Waals surface area contributed by atoms with E-state index >= 15 is 0 Å². The van der Waals surface area contributed by atoms with Gasteiger partial charge in [-0.1, -0.05) is 23.4 Å². The third-order valence-electron chi connectivity index (χ3n) is 7.03. The van der Waals surface area contributed by atoms with Gasteiger partial charge >= 0.3 is 0 Å². The molecule has 0 bridgehead atoms. The molecule has 6 rings (SSSR count). The summed E-state index contributed by atoms with van der Waals surface area (Å²) in [6, 6.07) is 12.0. The Morgan fingerprint density at radius 1 is 1.20 bits per heavy atom. The maximum absolute atomic E-state index is 14.3. The Bertz CT molecular complexity index is 1750. The molecule has 0 spiro atoms. The second kappa shape index (κ2) is 10.3. The fraction of sp³-hybridized carbons (Fsp3) is 0.214. The number of anilines is 1. The van der Waals surface area contributed by atoms with E-state index in [9.17, 15) is 13.6 Å². The van der Waals surface area contributed by atoms with E-state index in [2.05, 4.69) is 31.2 Å². The first kappa shape index (κ1) is 25.9. The molecular formula is C28H24BrF2N7O2. The van der Waals surface area contributed by atoms with Gasteiger partial charge in [0, 0.05) is 31.0 Å². The molecule has 1 fully saturated rings. The molecule has 0 radical (unpaired) electrons. The third kappa shape index (κ3) is 4.68. The Hall–Kier alpha value is -4.32. The smallest absolute Gasteiger partial charge is 0.257 e. The average Bonchev–Trinajstić information content (AvgIpc) is 3.72. The van der Waals surface area contributed by atoms with E-state index in [1.54, 1.807) is 34.0 Å². The summed E-state index contributed by atoms with van der Waals surface area (Å²) in [4.78, 5) is 19.9. The van der Waals surface area contributed by atoms with Gasteiger partial charge in [0.1, 0.15) is 29.5 Å². The van der Waals surface area contributed by atoms with Crippen LogP contribution in [0.15, 0.2) is 65.5 Å². The highest BCUT2D eigenvalue weighted by molar-refractivity contribution is 9.10. The predicted molar refractivity (Wildman–Crippen MR) is 148 cm³/mol. The number of nitrogen functional groups attached to an aromatic ring is 1. The van der Waals surface area contributed by atoms with Gasteiger partial charge < -0.3 is 19.8 Å². The highest BCUT2D eigenvalue weighted by atomic mass is 79.9. The number of hydrogen-bond donors (Lipinski definition) is 1. The minimum Gasteiger partial charge on any atom is -0.486 e. The van der Waals surface area contributed by atoms with Crippen LogP contribution in [0.3, 0.4) is 0 Å². The molecule has 1 aliphatic heterocycles. The Kier molecular flexibility index (Phi) is 6.70. The molecule has 1 atom stereocenters. The molecule has 204 valence electrons. The van der Waals surface area contributed by atoms with E-state index in [1.807, 2.05) is 41.9 Å². The summed E-state index contributed by atoms with van der Waals surface area (Å²) in [6.45, 7) is 3.11. The van der Waals surface area contributed by atoms with E-state index in [0.29, 0.717) is 30.8 Å². The lowest BCUT2D eigenvalue weighted by Gasteiger charge is -2.18.